The van der Waals surface area contributed by atoms with E-state index in [1.165, 1.54) is 4.90 Å². The Kier molecular flexibility index (Phi) is 4.10. The first-order valence-corrected chi connectivity index (χ1v) is 7.31. The summed E-state index contributed by atoms with van der Waals surface area (Å²) in [5.74, 6) is 1.27. The number of imidazole rings is 1. The second kappa shape index (κ2) is 6.36. The largest absolute Gasteiger partial charge is 0.465 e. The molecule has 2 aromatic carbocycles. The Morgan fingerprint density at radius 1 is 1.09 bits per heavy atom. The van der Waals surface area contributed by atoms with E-state index in [1.54, 1.807) is 6.20 Å². The molecule has 0 radical (unpaired) electrons. The van der Waals surface area contributed by atoms with E-state index in [1.807, 2.05) is 72.2 Å². The summed E-state index contributed by atoms with van der Waals surface area (Å²) in [6, 6.07) is 19.1. The Morgan fingerprint density at radius 2 is 1.70 bits per heavy atom. The predicted molar refractivity (Wildman–Crippen MR) is 89.0 cm³/mol. The monoisotopic (exact) mass is 307 g/mol. The summed E-state index contributed by atoms with van der Waals surface area (Å²) < 4.78 is 1.84. The van der Waals surface area contributed by atoms with Gasteiger partial charge in [0, 0.05) is 5.69 Å². The van der Waals surface area contributed by atoms with Gasteiger partial charge in [0.2, 0.25) is 0 Å². The van der Waals surface area contributed by atoms with E-state index >= 15 is 0 Å². The molecule has 5 nitrogen and oxygen atoms in total. The quantitative estimate of drug-likeness (QED) is 0.796. The molecule has 1 aromatic heterocycles. The van der Waals surface area contributed by atoms with Crippen LogP contribution in [0, 0.1) is 6.92 Å². The van der Waals surface area contributed by atoms with E-state index in [-0.39, 0.29) is 6.54 Å². The van der Waals surface area contributed by atoms with E-state index < -0.39 is 6.09 Å². The molecular formula is C18H17N3O2. The van der Waals surface area contributed by atoms with E-state index in [2.05, 4.69) is 4.98 Å². The van der Waals surface area contributed by atoms with E-state index in [9.17, 15) is 9.90 Å². The van der Waals surface area contributed by atoms with Crippen LogP contribution in [0.5, 0.6) is 0 Å². The number of hydrogen-bond donors (Lipinski definition) is 1. The number of nitrogens with zero attached hydrogens (tertiary/aromatic N) is 3. The van der Waals surface area contributed by atoms with Crippen LogP contribution in [-0.2, 0) is 6.54 Å². The highest BCUT2D eigenvalue weighted by atomic mass is 16.4. The molecule has 0 spiro atoms. The van der Waals surface area contributed by atoms with Gasteiger partial charge in [-0.05, 0) is 24.6 Å². The fourth-order valence-corrected chi connectivity index (χ4v) is 2.53. The lowest BCUT2D eigenvalue weighted by Gasteiger charge is -2.21. The Balaban J connectivity index is 2.03. The Hall–Kier alpha value is -3.08. The van der Waals surface area contributed by atoms with Gasteiger partial charge in [0.1, 0.15) is 11.6 Å². The van der Waals surface area contributed by atoms with Crippen molar-refractivity contribution in [3.63, 3.8) is 0 Å². The summed E-state index contributed by atoms with van der Waals surface area (Å²) in [6.45, 7) is 2.13. The molecule has 0 unspecified atom stereocenters. The van der Waals surface area contributed by atoms with Gasteiger partial charge in [0.05, 0.1) is 12.7 Å². The van der Waals surface area contributed by atoms with Crippen LogP contribution < -0.4 is 4.90 Å². The fourth-order valence-electron chi connectivity index (χ4n) is 2.53. The van der Waals surface area contributed by atoms with Crippen molar-refractivity contribution in [1.29, 1.82) is 0 Å². The van der Waals surface area contributed by atoms with Crippen LogP contribution in [0.4, 0.5) is 10.6 Å². The Bertz CT molecular complexity index is 798. The summed E-state index contributed by atoms with van der Waals surface area (Å²) in [6.07, 6.45) is 0.588. The van der Waals surface area contributed by atoms with Crippen molar-refractivity contribution >= 4 is 11.9 Å². The first-order valence-electron chi connectivity index (χ1n) is 7.31. The summed E-state index contributed by atoms with van der Waals surface area (Å²) in [5.41, 5.74) is 1.81. The Labute approximate surface area is 134 Å². The molecule has 1 N–H and O–H groups in total. The predicted octanol–water partition coefficient (Wildman–Crippen LogP) is 3.87. The number of carbonyl (C=O) groups is 1. The molecule has 0 aliphatic carbocycles. The van der Waals surface area contributed by atoms with Gasteiger partial charge < -0.3 is 5.11 Å². The zero-order valence-electron chi connectivity index (χ0n) is 12.8. The average Bonchev–Trinajstić information content (AvgIpc) is 2.95. The van der Waals surface area contributed by atoms with Gasteiger partial charge in [0.15, 0.2) is 0 Å². The summed E-state index contributed by atoms with van der Waals surface area (Å²) >= 11 is 0. The second-order valence-corrected chi connectivity index (χ2v) is 5.19. The number of para-hydroxylation sites is 1. The zero-order chi connectivity index (χ0) is 16.2. The molecule has 3 rings (SSSR count). The smallest absolute Gasteiger partial charge is 0.413 e. The first-order chi connectivity index (χ1) is 11.2. The molecule has 0 aliphatic rings. The molecule has 0 fully saturated rings. The van der Waals surface area contributed by atoms with Crippen LogP contribution >= 0.6 is 0 Å². The van der Waals surface area contributed by atoms with Gasteiger partial charge >= 0.3 is 6.09 Å². The molecule has 116 valence electrons. The molecule has 23 heavy (non-hydrogen) atoms. The molecule has 5 heteroatoms. The standard InChI is InChI=1S/C18H17N3O2/c1-14-19-12-17(21(14)16-10-6-3-7-11-16)20(18(22)23)13-15-8-4-2-5-9-15/h2-12H,13H2,1H3,(H,22,23). The van der Waals surface area contributed by atoms with Crippen LogP contribution in [-0.4, -0.2) is 20.8 Å². The number of hydrogen-bond acceptors (Lipinski definition) is 2. The molecule has 1 amide bonds. The maximum atomic E-state index is 11.8. The lowest BCUT2D eigenvalue weighted by molar-refractivity contribution is 0.201. The van der Waals surface area contributed by atoms with E-state index in [0.717, 1.165) is 17.1 Å². The SMILES string of the molecule is Cc1ncc(N(Cc2ccccc2)C(=O)O)n1-c1ccccc1. The topological polar surface area (TPSA) is 58.4 Å². The van der Waals surface area contributed by atoms with E-state index in [4.69, 9.17) is 0 Å². The van der Waals surface area contributed by atoms with Crippen LogP contribution in [0.1, 0.15) is 11.4 Å². The maximum absolute atomic E-state index is 11.8. The molecule has 0 atom stereocenters. The average molecular weight is 307 g/mol. The van der Waals surface area contributed by atoms with E-state index in [0.29, 0.717) is 5.82 Å². The van der Waals surface area contributed by atoms with Gasteiger partial charge in [-0.3, -0.25) is 9.47 Å². The van der Waals surface area contributed by atoms with Crippen LogP contribution in [0.15, 0.2) is 66.9 Å². The Morgan fingerprint density at radius 3 is 2.30 bits per heavy atom. The molecule has 0 saturated heterocycles. The second-order valence-electron chi connectivity index (χ2n) is 5.19. The lowest BCUT2D eigenvalue weighted by Crippen LogP contribution is -2.30. The third-order valence-electron chi connectivity index (χ3n) is 3.62. The van der Waals surface area contributed by atoms with Crippen molar-refractivity contribution in [1.82, 2.24) is 9.55 Å². The van der Waals surface area contributed by atoms with Gasteiger partial charge in [-0.25, -0.2) is 9.78 Å². The minimum Gasteiger partial charge on any atom is -0.465 e. The van der Waals surface area contributed by atoms with Crippen molar-refractivity contribution in [3.05, 3.63) is 78.2 Å². The third-order valence-corrected chi connectivity index (χ3v) is 3.62. The van der Waals surface area contributed by atoms with Crippen LogP contribution in [0.3, 0.4) is 0 Å². The van der Waals surface area contributed by atoms with Gasteiger partial charge in [0.25, 0.3) is 0 Å². The fraction of sp³-hybridized carbons (Fsp3) is 0.111. The summed E-state index contributed by atoms with van der Waals surface area (Å²) in [7, 11) is 0. The lowest BCUT2D eigenvalue weighted by atomic mass is 10.2. The molecular weight excluding hydrogens is 290 g/mol. The highest BCUT2D eigenvalue weighted by Crippen LogP contribution is 2.24. The number of benzene rings is 2. The number of anilines is 1. The number of aromatic nitrogens is 2. The summed E-state index contributed by atoms with van der Waals surface area (Å²) in [5, 5.41) is 9.65. The minimum absolute atomic E-state index is 0.272. The zero-order valence-corrected chi connectivity index (χ0v) is 12.8. The van der Waals surface area contributed by atoms with Crippen molar-refractivity contribution in [3.8, 4) is 5.69 Å². The van der Waals surface area contributed by atoms with Crippen molar-refractivity contribution in [2.45, 2.75) is 13.5 Å². The number of rotatable bonds is 4. The molecule has 3 aromatic rings. The third kappa shape index (κ3) is 3.08. The number of amides is 1. The van der Waals surface area contributed by atoms with Gasteiger partial charge in [-0.15, -0.1) is 0 Å². The molecule has 0 saturated carbocycles. The van der Waals surface area contributed by atoms with Crippen molar-refractivity contribution < 1.29 is 9.90 Å². The molecule has 0 aliphatic heterocycles. The first kappa shape index (κ1) is 14.8. The van der Waals surface area contributed by atoms with Crippen molar-refractivity contribution in [2.24, 2.45) is 0 Å². The van der Waals surface area contributed by atoms with Crippen molar-refractivity contribution in [2.75, 3.05) is 4.90 Å². The normalized spacial score (nSPS) is 10.5. The van der Waals surface area contributed by atoms with Crippen LogP contribution in [0.2, 0.25) is 0 Å². The number of carboxylic acid groups (broad SMARTS) is 1. The van der Waals surface area contributed by atoms with Gasteiger partial charge in [-0.1, -0.05) is 48.5 Å². The van der Waals surface area contributed by atoms with Gasteiger partial charge in [-0.2, -0.15) is 0 Å². The minimum atomic E-state index is -1.01. The molecule has 0 bridgehead atoms. The summed E-state index contributed by atoms with van der Waals surface area (Å²) in [4.78, 5) is 17.4. The maximum Gasteiger partial charge on any atom is 0.413 e. The molecule has 1 heterocycles. The highest BCUT2D eigenvalue weighted by molar-refractivity contribution is 5.85. The number of aryl methyl sites for hydroxylation is 1. The highest BCUT2D eigenvalue weighted by Gasteiger charge is 2.21. The van der Waals surface area contributed by atoms with Crippen LogP contribution in [0.25, 0.3) is 5.69 Å².